The van der Waals surface area contributed by atoms with Crippen molar-refractivity contribution in [3.05, 3.63) is 28.0 Å². The lowest BCUT2D eigenvalue weighted by molar-refractivity contribution is 0.579. The minimum Gasteiger partial charge on any atom is -0.309 e. The first kappa shape index (κ1) is 13.2. The second kappa shape index (κ2) is 6.06. The molecule has 2 rings (SSSR count). The van der Waals surface area contributed by atoms with E-state index in [1.807, 2.05) is 23.3 Å². The van der Waals surface area contributed by atoms with Gasteiger partial charge >= 0.3 is 0 Å². The van der Waals surface area contributed by atoms with Crippen LogP contribution in [0, 0.1) is 6.92 Å². The van der Waals surface area contributed by atoms with E-state index in [0.717, 1.165) is 30.9 Å². The van der Waals surface area contributed by atoms with Gasteiger partial charge in [-0.25, -0.2) is 4.98 Å². The normalized spacial score (nSPS) is 11.3. The number of aromatic nitrogens is 4. The van der Waals surface area contributed by atoms with Gasteiger partial charge in [-0.05, 0) is 6.92 Å². The summed E-state index contributed by atoms with van der Waals surface area (Å²) < 4.78 is 1.90. The third-order valence-corrected chi connectivity index (χ3v) is 3.69. The van der Waals surface area contributed by atoms with Gasteiger partial charge in [-0.2, -0.15) is 0 Å². The Labute approximate surface area is 111 Å². The molecule has 2 aromatic heterocycles. The third kappa shape index (κ3) is 3.61. The van der Waals surface area contributed by atoms with Gasteiger partial charge in [0.25, 0.3) is 0 Å². The molecule has 0 aliphatic carbocycles. The molecule has 0 atom stereocenters. The predicted octanol–water partition coefficient (Wildman–Crippen LogP) is 1.78. The van der Waals surface area contributed by atoms with E-state index in [1.165, 1.54) is 4.88 Å². The van der Waals surface area contributed by atoms with Gasteiger partial charge < -0.3 is 5.32 Å². The lowest BCUT2D eigenvalue weighted by Crippen LogP contribution is -2.21. The fourth-order valence-corrected chi connectivity index (χ4v) is 2.39. The standard InChI is InChI=1S/C12H19N5S/c1-9(2)13-6-11-7-17(16-15-11)5-4-12-10(3)14-8-18-12/h7-9,13H,4-6H2,1-3H3. The number of thiazole rings is 1. The van der Waals surface area contributed by atoms with Gasteiger partial charge in [0.05, 0.1) is 16.9 Å². The second-order valence-electron chi connectivity index (χ2n) is 4.62. The third-order valence-electron chi connectivity index (χ3n) is 2.69. The monoisotopic (exact) mass is 265 g/mol. The van der Waals surface area contributed by atoms with Crippen LogP contribution in [-0.4, -0.2) is 26.0 Å². The highest BCUT2D eigenvalue weighted by Gasteiger charge is 2.04. The molecule has 98 valence electrons. The van der Waals surface area contributed by atoms with E-state index in [9.17, 15) is 0 Å². The first-order valence-corrected chi connectivity index (χ1v) is 7.04. The van der Waals surface area contributed by atoms with Crippen molar-refractivity contribution < 1.29 is 0 Å². The smallest absolute Gasteiger partial charge is 0.0964 e. The lowest BCUT2D eigenvalue weighted by Gasteiger charge is -2.04. The van der Waals surface area contributed by atoms with Crippen LogP contribution in [0.3, 0.4) is 0 Å². The van der Waals surface area contributed by atoms with Gasteiger partial charge in [0.1, 0.15) is 0 Å². The predicted molar refractivity (Wildman–Crippen MR) is 72.6 cm³/mol. The van der Waals surface area contributed by atoms with Gasteiger partial charge in [-0.1, -0.05) is 19.1 Å². The van der Waals surface area contributed by atoms with Gasteiger partial charge in [0.15, 0.2) is 0 Å². The zero-order valence-corrected chi connectivity index (χ0v) is 11.9. The summed E-state index contributed by atoms with van der Waals surface area (Å²) in [6.07, 6.45) is 2.97. The molecule has 0 unspecified atom stereocenters. The van der Waals surface area contributed by atoms with Crippen LogP contribution in [0.2, 0.25) is 0 Å². The van der Waals surface area contributed by atoms with Gasteiger partial charge in [0.2, 0.25) is 0 Å². The van der Waals surface area contributed by atoms with E-state index in [-0.39, 0.29) is 0 Å². The molecule has 0 saturated heterocycles. The molecule has 0 aromatic carbocycles. The van der Waals surface area contributed by atoms with Crippen LogP contribution in [-0.2, 0) is 19.5 Å². The Kier molecular flexibility index (Phi) is 4.43. The number of aryl methyl sites for hydroxylation is 3. The number of nitrogens with one attached hydrogen (secondary N) is 1. The maximum Gasteiger partial charge on any atom is 0.0964 e. The molecule has 0 bridgehead atoms. The Morgan fingerprint density at radius 2 is 2.28 bits per heavy atom. The van der Waals surface area contributed by atoms with E-state index in [1.54, 1.807) is 11.3 Å². The zero-order valence-electron chi connectivity index (χ0n) is 11.1. The zero-order chi connectivity index (χ0) is 13.0. The molecule has 0 amide bonds. The van der Waals surface area contributed by atoms with Crippen LogP contribution in [0.15, 0.2) is 11.7 Å². The summed E-state index contributed by atoms with van der Waals surface area (Å²) in [5, 5.41) is 11.6. The second-order valence-corrected chi connectivity index (χ2v) is 5.56. The summed E-state index contributed by atoms with van der Waals surface area (Å²) in [6, 6.07) is 0.468. The largest absolute Gasteiger partial charge is 0.309 e. The molecule has 0 saturated carbocycles. The van der Waals surface area contributed by atoms with E-state index in [2.05, 4.69) is 34.5 Å². The topological polar surface area (TPSA) is 55.6 Å². The van der Waals surface area contributed by atoms with Gasteiger partial charge in [-0.3, -0.25) is 4.68 Å². The van der Waals surface area contributed by atoms with Crippen molar-refractivity contribution in [2.45, 2.75) is 46.3 Å². The van der Waals surface area contributed by atoms with Gasteiger partial charge in [0, 0.05) is 36.6 Å². The maximum atomic E-state index is 4.25. The summed E-state index contributed by atoms with van der Waals surface area (Å²) in [4.78, 5) is 5.57. The number of hydrogen-bond donors (Lipinski definition) is 1. The first-order chi connectivity index (χ1) is 8.65. The molecule has 0 spiro atoms. The molecule has 5 nitrogen and oxygen atoms in total. The molecule has 18 heavy (non-hydrogen) atoms. The van der Waals surface area contributed by atoms with Crippen LogP contribution in [0.5, 0.6) is 0 Å². The molecule has 0 radical (unpaired) electrons. The number of hydrogen-bond acceptors (Lipinski definition) is 5. The van der Waals surface area contributed by atoms with E-state index >= 15 is 0 Å². The van der Waals surface area contributed by atoms with Crippen molar-refractivity contribution in [3.8, 4) is 0 Å². The number of nitrogens with zero attached hydrogens (tertiary/aromatic N) is 4. The summed E-state index contributed by atoms with van der Waals surface area (Å²) in [7, 11) is 0. The molecule has 0 aliphatic heterocycles. The highest BCUT2D eigenvalue weighted by molar-refractivity contribution is 7.09. The SMILES string of the molecule is Cc1ncsc1CCn1cc(CNC(C)C)nn1. The average Bonchev–Trinajstić information content (AvgIpc) is 2.93. The summed E-state index contributed by atoms with van der Waals surface area (Å²) in [6.45, 7) is 7.92. The van der Waals surface area contributed by atoms with Crippen molar-refractivity contribution in [3.63, 3.8) is 0 Å². The maximum absolute atomic E-state index is 4.25. The minimum absolute atomic E-state index is 0.468. The van der Waals surface area contributed by atoms with Crippen LogP contribution >= 0.6 is 11.3 Å². The van der Waals surface area contributed by atoms with Crippen molar-refractivity contribution in [1.29, 1.82) is 0 Å². The molecule has 0 fully saturated rings. The molecular formula is C12H19N5S. The van der Waals surface area contributed by atoms with Crippen LogP contribution in [0.4, 0.5) is 0 Å². The summed E-state index contributed by atoms with van der Waals surface area (Å²) in [5.74, 6) is 0. The van der Waals surface area contributed by atoms with Gasteiger partial charge in [-0.15, -0.1) is 16.4 Å². The van der Waals surface area contributed by atoms with Crippen LogP contribution in [0.1, 0.15) is 30.1 Å². The van der Waals surface area contributed by atoms with E-state index in [4.69, 9.17) is 0 Å². The molecule has 0 aliphatic rings. The molecule has 2 heterocycles. The van der Waals surface area contributed by atoms with E-state index < -0.39 is 0 Å². The molecule has 2 aromatic rings. The van der Waals surface area contributed by atoms with Crippen molar-refractivity contribution in [1.82, 2.24) is 25.3 Å². The Hall–Kier alpha value is -1.27. The Balaban J connectivity index is 1.85. The first-order valence-electron chi connectivity index (χ1n) is 6.16. The molecular weight excluding hydrogens is 246 g/mol. The highest BCUT2D eigenvalue weighted by Crippen LogP contribution is 2.13. The molecule has 6 heteroatoms. The fourth-order valence-electron chi connectivity index (χ4n) is 1.62. The average molecular weight is 265 g/mol. The van der Waals surface area contributed by atoms with Crippen LogP contribution < -0.4 is 5.32 Å². The lowest BCUT2D eigenvalue weighted by atomic mass is 10.3. The Morgan fingerprint density at radius 1 is 1.44 bits per heavy atom. The van der Waals surface area contributed by atoms with Crippen molar-refractivity contribution >= 4 is 11.3 Å². The van der Waals surface area contributed by atoms with Crippen molar-refractivity contribution in [2.24, 2.45) is 0 Å². The molecule has 1 N–H and O–H groups in total. The summed E-state index contributed by atoms with van der Waals surface area (Å²) in [5.41, 5.74) is 4.01. The quantitative estimate of drug-likeness (QED) is 0.865. The van der Waals surface area contributed by atoms with Crippen LogP contribution in [0.25, 0.3) is 0 Å². The Bertz CT molecular complexity index is 488. The van der Waals surface area contributed by atoms with Crippen molar-refractivity contribution in [2.75, 3.05) is 0 Å². The van der Waals surface area contributed by atoms with E-state index in [0.29, 0.717) is 6.04 Å². The Morgan fingerprint density at radius 3 is 2.94 bits per heavy atom. The summed E-state index contributed by atoms with van der Waals surface area (Å²) >= 11 is 1.70. The fraction of sp³-hybridized carbons (Fsp3) is 0.583. The highest BCUT2D eigenvalue weighted by atomic mass is 32.1. The number of rotatable bonds is 6. The minimum atomic E-state index is 0.468.